The molecule has 0 amide bonds. The molecule has 64 valence electrons. The van der Waals surface area contributed by atoms with Gasteiger partial charge in [-0.1, -0.05) is 20.8 Å². The standard InChI is InChI=1S/C10H18S/c1-9(2)7-4-5-10(9,3)8(11)6-7/h7-8,11H,4-6H2,1-3H3/t7-,8-,10+/m0/s1. The lowest BCUT2D eigenvalue weighted by molar-refractivity contribution is 0.157. The summed E-state index contributed by atoms with van der Waals surface area (Å²) in [4.78, 5) is 0. The van der Waals surface area contributed by atoms with Crippen LogP contribution in [0, 0.1) is 16.7 Å². The van der Waals surface area contributed by atoms with Crippen molar-refractivity contribution >= 4 is 12.6 Å². The van der Waals surface area contributed by atoms with Gasteiger partial charge in [0.05, 0.1) is 0 Å². The molecule has 0 saturated heterocycles. The van der Waals surface area contributed by atoms with Gasteiger partial charge in [0.2, 0.25) is 0 Å². The quantitative estimate of drug-likeness (QED) is 0.531. The summed E-state index contributed by atoms with van der Waals surface area (Å²) in [5.74, 6) is 0.954. The second kappa shape index (κ2) is 1.99. The van der Waals surface area contributed by atoms with Gasteiger partial charge in [0, 0.05) is 5.25 Å². The van der Waals surface area contributed by atoms with Crippen LogP contribution >= 0.6 is 12.6 Å². The highest BCUT2D eigenvalue weighted by molar-refractivity contribution is 7.81. The summed E-state index contributed by atoms with van der Waals surface area (Å²) < 4.78 is 0. The van der Waals surface area contributed by atoms with Crippen LogP contribution in [0.3, 0.4) is 0 Å². The molecular weight excluding hydrogens is 152 g/mol. The predicted molar refractivity (Wildman–Crippen MR) is 52.0 cm³/mol. The molecule has 2 aliphatic carbocycles. The van der Waals surface area contributed by atoms with Crippen LogP contribution < -0.4 is 0 Å². The maximum absolute atomic E-state index is 4.70. The van der Waals surface area contributed by atoms with E-state index in [0.717, 1.165) is 5.92 Å². The highest BCUT2D eigenvalue weighted by atomic mass is 32.1. The van der Waals surface area contributed by atoms with Crippen molar-refractivity contribution in [3.05, 3.63) is 0 Å². The summed E-state index contributed by atoms with van der Waals surface area (Å²) in [6, 6.07) is 0. The van der Waals surface area contributed by atoms with E-state index in [-0.39, 0.29) is 0 Å². The minimum absolute atomic E-state index is 0.529. The van der Waals surface area contributed by atoms with Crippen LogP contribution in [0.4, 0.5) is 0 Å². The molecule has 2 rings (SSSR count). The fourth-order valence-electron chi connectivity index (χ4n) is 3.16. The van der Waals surface area contributed by atoms with E-state index in [2.05, 4.69) is 20.8 Å². The minimum atomic E-state index is 0.529. The first-order valence-corrected chi connectivity index (χ1v) is 5.18. The number of hydrogen-bond donors (Lipinski definition) is 1. The topological polar surface area (TPSA) is 0 Å². The first kappa shape index (κ1) is 7.97. The fraction of sp³-hybridized carbons (Fsp3) is 1.00. The van der Waals surface area contributed by atoms with Crippen molar-refractivity contribution in [3.63, 3.8) is 0 Å². The molecule has 2 fully saturated rings. The maximum atomic E-state index is 4.70. The van der Waals surface area contributed by atoms with Crippen LogP contribution in [-0.4, -0.2) is 5.25 Å². The maximum Gasteiger partial charge on any atom is 0.00786 e. The van der Waals surface area contributed by atoms with Crippen molar-refractivity contribution in [3.8, 4) is 0 Å². The van der Waals surface area contributed by atoms with Gasteiger partial charge in [0.15, 0.2) is 0 Å². The first-order valence-electron chi connectivity index (χ1n) is 4.66. The van der Waals surface area contributed by atoms with Crippen LogP contribution in [0.2, 0.25) is 0 Å². The van der Waals surface area contributed by atoms with Crippen LogP contribution in [0.5, 0.6) is 0 Å². The summed E-state index contributed by atoms with van der Waals surface area (Å²) in [5.41, 5.74) is 1.08. The van der Waals surface area contributed by atoms with E-state index in [1.54, 1.807) is 0 Å². The lowest BCUT2D eigenvalue weighted by Gasteiger charge is -2.37. The van der Waals surface area contributed by atoms with E-state index >= 15 is 0 Å². The van der Waals surface area contributed by atoms with E-state index in [1.807, 2.05) is 0 Å². The predicted octanol–water partition coefficient (Wildman–Crippen LogP) is 3.13. The average molecular weight is 170 g/mol. The second-order valence-electron chi connectivity index (χ2n) is 5.13. The molecule has 0 spiro atoms. The van der Waals surface area contributed by atoms with E-state index in [1.165, 1.54) is 19.3 Å². The number of thiol groups is 1. The molecule has 0 heterocycles. The monoisotopic (exact) mass is 170 g/mol. The molecule has 2 bridgehead atoms. The molecule has 0 N–H and O–H groups in total. The van der Waals surface area contributed by atoms with Gasteiger partial charge in [-0.25, -0.2) is 0 Å². The highest BCUT2D eigenvalue weighted by Crippen LogP contribution is 2.66. The highest BCUT2D eigenvalue weighted by Gasteiger charge is 2.60. The van der Waals surface area contributed by atoms with E-state index < -0.39 is 0 Å². The molecule has 0 aromatic rings. The van der Waals surface area contributed by atoms with E-state index in [0.29, 0.717) is 16.1 Å². The normalized spacial score (nSPS) is 53.5. The van der Waals surface area contributed by atoms with Crippen LogP contribution in [0.15, 0.2) is 0 Å². The molecule has 0 aromatic carbocycles. The van der Waals surface area contributed by atoms with Crippen LogP contribution in [0.1, 0.15) is 40.0 Å². The smallest absolute Gasteiger partial charge is 0.00786 e. The zero-order valence-corrected chi connectivity index (χ0v) is 8.62. The third-order valence-electron chi connectivity index (χ3n) is 4.75. The molecule has 0 nitrogen and oxygen atoms in total. The molecule has 2 saturated carbocycles. The van der Waals surface area contributed by atoms with Crippen molar-refractivity contribution in [1.29, 1.82) is 0 Å². The van der Waals surface area contributed by atoms with Gasteiger partial charge in [0.25, 0.3) is 0 Å². The summed E-state index contributed by atoms with van der Waals surface area (Å²) in [7, 11) is 0. The van der Waals surface area contributed by atoms with E-state index in [4.69, 9.17) is 12.6 Å². The van der Waals surface area contributed by atoms with Gasteiger partial charge in [-0.3, -0.25) is 0 Å². The molecule has 1 heteroatoms. The summed E-state index contributed by atoms with van der Waals surface area (Å²) in [6.45, 7) is 7.29. The molecule has 3 atom stereocenters. The number of hydrogen-bond acceptors (Lipinski definition) is 1. The zero-order valence-electron chi connectivity index (χ0n) is 7.72. The van der Waals surface area contributed by atoms with Crippen molar-refractivity contribution in [2.45, 2.75) is 45.3 Å². The zero-order chi connectivity index (χ0) is 8.28. The lowest BCUT2D eigenvalue weighted by Crippen LogP contribution is -2.32. The number of fused-ring (bicyclic) bond motifs is 2. The Hall–Kier alpha value is 0.350. The molecule has 0 unspecified atom stereocenters. The molecule has 0 aliphatic heterocycles. The van der Waals surface area contributed by atoms with Gasteiger partial charge < -0.3 is 0 Å². The van der Waals surface area contributed by atoms with Crippen LogP contribution in [-0.2, 0) is 0 Å². The van der Waals surface area contributed by atoms with Gasteiger partial charge in [-0.2, -0.15) is 12.6 Å². The molecule has 2 aliphatic rings. The Morgan fingerprint density at radius 2 is 1.91 bits per heavy atom. The second-order valence-corrected chi connectivity index (χ2v) is 5.75. The molecule has 11 heavy (non-hydrogen) atoms. The Labute approximate surface area is 75.2 Å². The lowest BCUT2D eigenvalue weighted by atomic mass is 9.71. The summed E-state index contributed by atoms with van der Waals surface area (Å²) >= 11 is 4.70. The minimum Gasteiger partial charge on any atom is -0.175 e. The third kappa shape index (κ3) is 0.734. The van der Waals surface area contributed by atoms with E-state index in [9.17, 15) is 0 Å². The van der Waals surface area contributed by atoms with Gasteiger partial charge in [-0.15, -0.1) is 0 Å². The Bertz CT molecular complexity index is 185. The Kier molecular flexibility index (Phi) is 1.44. The van der Waals surface area contributed by atoms with Crippen molar-refractivity contribution in [2.24, 2.45) is 16.7 Å². The Morgan fingerprint density at radius 3 is 2.09 bits per heavy atom. The summed E-state index contributed by atoms with van der Waals surface area (Å²) in [6.07, 6.45) is 4.20. The number of rotatable bonds is 0. The fourth-order valence-corrected chi connectivity index (χ4v) is 3.88. The molecule has 0 aromatic heterocycles. The van der Waals surface area contributed by atoms with Gasteiger partial charge >= 0.3 is 0 Å². The van der Waals surface area contributed by atoms with Crippen LogP contribution in [0.25, 0.3) is 0 Å². The molecular formula is C10H18S. The van der Waals surface area contributed by atoms with Crippen molar-refractivity contribution in [1.82, 2.24) is 0 Å². The summed E-state index contributed by atoms with van der Waals surface area (Å²) in [5, 5.41) is 0.663. The Morgan fingerprint density at radius 1 is 1.27 bits per heavy atom. The Balaban J connectivity index is 2.40. The average Bonchev–Trinajstić information content (AvgIpc) is 2.20. The molecule has 0 radical (unpaired) electrons. The van der Waals surface area contributed by atoms with Gasteiger partial charge in [-0.05, 0) is 36.0 Å². The van der Waals surface area contributed by atoms with Crippen molar-refractivity contribution < 1.29 is 0 Å². The first-order chi connectivity index (χ1) is 4.98. The van der Waals surface area contributed by atoms with Crippen molar-refractivity contribution in [2.75, 3.05) is 0 Å². The largest absolute Gasteiger partial charge is 0.175 e. The third-order valence-corrected chi connectivity index (χ3v) is 5.53. The SMILES string of the molecule is CC1(C)[C@H]2CC[C@]1(C)[C@@H](S)C2. The van der Waals surface area contributed by atoms with Gasteiger partial charge in [0.1, 0.15) is 0 Å².